The van der Waals surface area contributed by atoms with Crippen molar-refractivity contribution in [2.75, 3.05) is 11.1 Å². The summed E-state index contributed by atoms with van der Waals surface area (Å²) in [6.07, 6.45) is 7.35. The van der Waals surface area contributed by atoms with Gasteiger partial charge in [0.05, 0.1) is 35.0 Å². The molecule has 0 unspecified atom stereocenters. The Balaban J connectivity index is 1.59. The molecule has 3 aromatic heterocycles. The van der Waals surface area contributed by atoms with E-state index >= 15 is 0 Å². The number of halogens is 2. The monoisotopic (exact) mass is 413 g/mol. The molecule has 3 aromatic rings. The summed E-state index contributed by atoms with van der Waals surface area (Å²) in [6.45, 7) is 0. The number of aromatic amines is 1. The number of nitrogens with one attached hydrogen (secondary N) is 2. The van der Waals surface area contributed by atoms with E-state index in [-0.39, 0.29) is 29.4 Å². The van der Waals surface area contributed by atoms with Crippen LogP contribution in [0.25, 0.3) is 22.2 Å². The Kier molecular flexibility index (Phi) is 4.34. The van der Waals surface area contributed by atoms with Gasteiger partial charge in [-0.2, -0.15) is 0 Å². The first-order valence-corrected chi connectivity index (χ1v) is 10.0. The van der Waals surface area contributed by atoms with Crippen LogP contribution < -0.4 is 11.1 Å². The summed E-state index contributed by atoms with van der Waals surface area (Å²) in [4.78, 5) is 23.0. The first-order chi connectivity index (χ1) is 14.4. The summed E-state index contributed by atoms with van der Waals surface area (Å²) in [5, 5.41) is 13.0. The van der Waals surface area contributed by atoms with Gasteiger partial charge >= 0.3 is 5.97 Å². The second-order valence-corrected chi connectivity index (χ2v) is 8.20. The van der Waals surface area contributed by atoms with E-state index in [0.29, 0.717) is 22.2 Å². The highest BCUT2D eigenvalue weighted by Crippen LogP contribution is 2.47. The molecule has 3 aliphatic rings. The second kappa shape index (κ2) is 6.93. The molecule has 3 saturated carbocycles. The third kappa shape index (κ3) is 2.88. The van der Waals surface area contributed by atoms with Gasteiger partial charge in [-0.25, -0.2) is 13.8 Å². The molecule has 5 N–H and O–H groups in total. The number of nitrogens with zero attached hydrogens (tertiary/aromatic N) is 2. The number of hydrogen-bond acceptors (Lipinski definition) is 5. The minimum Gasteiger partial charge on any atom is -0.481 e. The lowest BCUT2D eigenvalue weighted by molar-refractivity contribution is -0.148. The Hall–Kier alpha value is -3.23. The van der Waals surface area contributed by atoms with E-state index in [2.05, 4.69) is 20.3 Å². The van der Waals surface area contributed by atoms with E-state index in [1.165, 1.54) is 6.07 Å². The van der Waals surface area contributed by atoms with Crippen molar-refractivity contribution >= 4 is 28.5 Å². The zero-order valence-electron chi connectivity index (χ0n) is 16.0. The molecule has 3 aliphatic carbocycles. The molecule has 0 saturated heterocycles. The zero-order valence-corrected chi connectivity index (χ0v) is 16.0. The molecule has 0 radical (unpaired) electrons. The molecule has 2 bridgehead atoms. The number of aromatic nitrogens is 3. The van der Waals surface area contributed by atoms with Crippen molar-refractivity contribution in [2.45, 2.75) is 31.7 Å². The minimum absolute atomic E-state index is 0.0998. The van der Waals surface area contributed by atoms with Crippen LogP contribution in [-0.4, -0.2) is 32.1 Å². The van der Waals surface area contributed by atoms with Crippen molar-refractivity contribution in [3.8, 4) is 11.1 Å². The molecule has 0 aliphatic heterocycles. The van der Waals surface area contributed by atoms with Gasteiger partial charge in [-0.05, 0) is 43.6 Å². The third-order valence-electron chi connectivity index (χ3n) is 6.64. The quantitative estimate of drug-likeness (QED) is 0.517. The number of pyridine rings is 2. The fourth-order valence-electron chi connectivity index (χ4n) is 5.24. The van der Waals surface area contributed by atoms with Crippen LogP contribution in [-0.2, 0) is 4.79 Å². The number of aliphatic carboxylic acids is 1. The van der Waals surface area contributed by atoms with E-state index in [9.17, 15) is 18.7 Å². The highest BCUT2D eigenvalue weighted by atomic mass is 19.1. The maximum Gasteiger partial charge on any atom is 0.308 e. The van der Waals surface area contributed by atoms with Crippen LogP contribution >= 0.6 is 0 Å². The highest BCUT2D eigenvalue weighted by molar-refractivity contribution is 6.00. The van der Waals surface area contributed by atoms with Crippen LogP contribution in [0.5, 0.6) is 0 Å². The Labute approximate surface area is 170 Å². The molecule has 0 aromatic carbocycles. The van der Waals surface area contributed by atoms with Crippen LogP contribution in [0, 0.1) is 29.4 Å². The van der Waals surface area contributed by atoms with E-state index in [1.54, 1.807) is 6.20 Å². The Morgan fingerprint density at radius 1 is 1.13 bits per heavy atom. The molecule has 3 fully saturated rings. The fraction of sp³-hybridized carbons (Fsp3) is 0.381. The summed E-state index contributed by atoms with van der Waals surface area (Å²) >= 11 is 0. The topological polar surface area (TPSA) is 117 Å². The van der Waals surface area contributed by atoms with E-state index in [4.69, 9.17) is 5.73 Å². The number of carbonyl (C=O) groups is 1. The summed E-state index contributed by atoms with van der Waals surface area (Å²) in [5.74, 6) is -2.12. The van der Waals surface area contributed by atoms with Gasteiger partial charge in [0.25, 0.3) is 0 Å². The second-order valence-electron chi connectivity index (χ2n) is 8.20. The summed E-state index contributed by atoms with van der Waals surface area (Å²) < 4.78 is 28.5. The molecule has 6 rings (SSSR count). The molecule has 3 heterocycles. The number of anilines is 2. The Morgan fingerprint density at radius 2 is 1.87 bits per heavy atom. The van der Waals surface area contributed by atoms with Gasteiger partial charge in [-0.15, -0.1) is 0 Å². The average Bonchev–Trinajstić information content (AvgIpc) is 3.16. The van der Waals surface area contributed by atoms with Gasteiger partial charge in [0.15, 0.2) is 5.82 Å². The summed E-state index contributed by atoms with van der Waals surface area (Å²) in [7, 11) is 0. The molecule has 0 spiro atoms. The molecule has 30 heavy (non-hydrogen) atoms. The summed E-state index contributed by atoms with van der Waals surface area (Å²) in [5.41, 5.74) is 7.73. The van der Waals surface area contributed by atoms with Crippen molar-refractivity contribution in [2.24, 2.45) is 17.8 Å². The maximum atomic E-state index is 14.8. The Bertz CT molecular complexity index is 1140. The molecule has 7 nitrogen and oxygen atoms in total. The molecular weight excluding hydrogens is 392 g/mol. The van der Waals surface area contributed by atoms with E-state index in [0.717, 1.165) is 38.1 Å². The van der Waals surface area contributed by atoms with Crippen LogP contribution in [0.1, 0.15) is 25.7 Å². The van der Waals surface area contributed by atoms with Crippen molar-refractivity contribution in [1.82, 2.24) is 15.0 Å². The zero-order chi connectivity index (χ0) is 21.0. The predicted octanol–water partition coefficient (Wildman–Crippen LogP) is 3.79. The van der Waals surface area contributed by atoms with Crippen molar-refractivity contribution < 1.29 is 18.7 Å². The highest BCUT2D eigenvalue weighted by Gasteiger charge is 2.47. The lowest BCUT2D eigenvalue weighted by Crippen LogP contribution is -2.51. The number of carboxylic acids is 1. The normalized spacial score (nSPS) is 25.5. The lowest BCUT2D eigenvalue weighted by atomic mass is 9.61. The number of rotatable bonds is 4. The van der Waals surface area contributed by atoms with Crippen molar-refractivity contribution in [3.05, 3.63) is 36.3 Å². The number of H-pyrrole nitrogens is 1. The van der Waals surface area contributed by atoms with Gasteiger partial charge in [0, 0.05) is 23.4 Å². The van der Waals surface area contributed by atoms with E-state index < -0.39 is 23.5 Å². The number of hydrogen-bond donors (Lipinski definition) is 4. The average molecular weight is 413 g/mol. The lowest BCUT2D eigenvalue weighted by Gasteiger charge is -2.47. The van der Waals surface area contributed by atoms with Gasteiger partial charge < -0.3 is 21.1 Å². The first kappa shape index (κ1) is 18.8. The Morgan fingerprint density at radius 3 is 2.60 bits per heavy atom. The van der Waals surface area contributed by atoms with Gasteiger partial charge in [-0.3, -0.25) is 9.78 Å². The third-order valence-corrected chi connectivity index (χ3v) is 6.64. The van der Waals surface area contributed by atoms with Crippen LogP contribution in [0.3, 0.4) is 0 Å². The van der Waals surface area contributed by atoms with Crippen LogP contribution in [0.4, 0.5) is 20.3 Å². The number of nitrogens with two attached hydrogens (primary N) is 1. The summed E-state index contributed by atoms with van der Waals surface area (Å²) in [6, 6.07) is 0.895. The predicted molar refractivity (Wildman–Crippen MR) is 108 cm³/mol. The van der Waals surface area contributed by atoms with Crippen molar-refractivity contribution in [1.29, 1.82) is 0 Å². The van der Waals surface area contributed by atoms with Gasteiger partial charge in [-0.1, -0.05) is 0 Å². The van der Waals surface area contributed by atoms with Gasteiger partial charge in [0.1, 0.15) is 11.6 Å². The molecule has 9 heteroatoms. The molecular formula is C21H21F2N5O2. The van der Waals surface area contributed by atoms with Crippen LogP contribution in [0.15, 0.2) is 24.7 Å². The number of carboxylic acid groups (broad SMARTS) is 1. The standard InChI is InChI=1S/C21H21F2N5O2/c22-11-5-12(20(24)27-6-11)13-7-25-19-17(13)26-8-14(23)18(19)28-16-10-3-1-9(2-4-10)15(16)21(29)30/h5-10,15-16,25H,1-4H2,(H2,24,27)(H,26,28)(H,29,30)/t9?,10?,15-,16-/m0/s1. The molecule has 156 valence electrons. The fourth-order valence-corrected chi connectivity index (χ4v) is 5.24. The first-order valence-electron chi connectivity index (χ1n) is 10.0. The maximum absolute atomic E-state index is 14.8. The molecule has 0 amide bonds. The van der Waals surface area contributed by atoms with Crippen molar-refractivity contribution in [3.63, 3.8) is 0 Å². The van der Waals surface area contributed by atoms with Gasteiger partial charge in [0.2, 0.25) is 0 Å². The smallest absolute Gasteiger partial charge is 0.308 e. The molecule has 2 atom stereocenters. The number of nitrogen functional groups attached to an aromatic ring is 1. The number of fused-ring (bicyclic) bond motifs is 4. The SMILES string of the molecule is Nc1ncc(F)cc1-c1c[nH]c2c(N[C@H]3C4CCC(CC4)[C@@H]3C(=O)O)c(F)cnc12. The minimum atomic E-state index is -0.849. The largest absolute Gasteiger partial charge is 0.481 e. The van der Waals surface area contributed by atoms with Crippen LogP contribution in [0.2, 0.25) is 0 Å². The van der Waals surface area contributed by atoms with E-state index in [1.807, 2.05) is 0 Å².